The minimum absolute atomic E-state index is 0.0964. The molecule has 1 aromatic carbocycles. The number of aromatic nitrogens is 4. The average Bonchev–Trinajstić information content (AvgIpc) is 2.89. The lowest BCUT2D eigenvalue weighted by Crippen LogP contribution is -2.15. The summed E-state index contributed by atoms with van der Waals surface area (Å²) in [6.45, 7) is 1.93. The first kappa shape index (κ1) is 15.3. The number of para-hydroxylation sites is 1. The Morgan fingerprint density at radius 1 is 1.20 bits per heavy atom. The lowest BCUT2D eigenvalue weighted by molar-refractivity contribution is -0.115. The van der Waals surface area contributed by atoms with Gasteiger partial charge in [-0.3, -0.25) is 14.5 Å². The highest BCUT2D eigenvalue weighted by Gasteiger charge is 2.11. The zero-order valence-corrected chi connectivity index (χ0v) is 14.0. The Morgan fingerprint density at radius 3 is 2.92 bits per heavy atom. The highest BCUT2D eigenvalue weighted by Crippen LogP contribution is 2.20. The van der Waals surface area contributed by atoms with Gasteiger partial charge in [0.25, 0.3) is 0 Å². The van der Waals surface area contributed by atoms with Crippen molar-refractivity contribution in [2.45, 2.75) is 13.3 Å². The first-order valence-electron chi connectivity index (χ1n) is 8.03. The SMILES string of the molecule is Cc1nn(C)c2ncc(NC(=O)Cc3cccc4cccnc34)cc12. The molecule has 1 N–H and O–H groups in total. The maximum atomic E-state index is 12.5. The van der Waals surface area contributed by atoms with Crippen LogP contribution in [0.1, 0.15) is 11.3 Å². The summed E-state index contributed by atoms with van der Waals surface area (Å²) < 4.78 is 1.73. The second kappa shape index (κ2) is 5.98. The molecule has 0 saturated carbocycles. The monoisotopic (exact) mass is 331 g/mol. The van der Waals surface area contributed by atoms with Gasteiger partial charge in [0.05, 0.1) is 29.5 Å². The third-order valence-corrected chi connectivity index (χ3v) is 4.21. The molecule has 25 heavy (non-hydrogen) atoms. The van der Waals surface area contributed by atoms with Crippen LogP contribution in [-0.2, 0) is 18.3 Å². The van der Waals surface area contributed by atoms with Crippen LogP contribution >= 0.6 is 0 Å². The number of nitrogens with zero attached hydrogens (tertiary/aromatic N) is 4. The molecular weight excluding hydrogens is 314 g/mol. The van der Waals surface area contributed by atoms with Crippen LogP contribution in [0, 0.1) is 6.92 Å². The molecule has 0 aliphatic carbocycles. The zero-order chi connectivity index (χ0) is 17.4. The van der Waals surface area contributed by atoms with Crippen molar-refractivity contribution >= 4 is 33.5 Å². The molecule has 0 aliphatic rings. The summed E-state index contributed by atoms with van der Waals surface area (Å²) in [4.78, 5) is 21.2. The first-order chi connectivity index (χ1) is 12.1. The fraction of sp³-hybridized carbons (Fsp3) is 0.158. The Kier molecular flexibility index (Phi) is 3.65. The van der Waals surface area contributed by atoms with Gasteiger partial charge in [-0.1, -0.05) is 24.3 Å². The third-order valence-electron chi connectivity index (χ3n) is 4.21. The van der Waals surface area contributed by atoms with Crippen LogP contribution in [0.2, 0.25) is 0 Å². The number of aryl methyl sites for hydroxylation is 2. The lowest BCUT2D eigenvalue weighted by atomic mass is 10.1. The third kappa shape index (κ3) is 2.82. The molecule has 0 spiro atoms. The van der Waals surface area contributed by atoms with Crippen LogP contribution in [0.4, 0.5) is 5.69 Å². The molecule has 3 heterocycles. The molecular formula is C19H17N5O. The minimum Gasteiger partial charge on any atom is -0.324 e. The number of amides is 1. The summed E-state index contributed by atoms with van der Waals surface area (Å²) in [6.07, 6.45) is 3.66. The molecule has 0 atom stereocenters. The highest BCUT2D eigenvalue weighted by molar-refractivity contribution is 5.96. The van der Waals surface area contributed by atoms with E-state index in [1.807, 2.05) is 50.4 Å². The van der Waals surface area contributed by atoms with Gasteiger partial charge in [-0.2, -0.15) is 5.10 Å². The largest absolute Gasteiger partial charge is 0.324 e. The van der Waals surface area contributed by atoms with Crippen molar-refractivity contribution in [2.75, 3.05) is 5.32 Å². The molecule has 1 amide bonds. The minimum atomic E-state index is -0.0964. The van der Waals surface area contributed by atoms with E-state index in [4.69, 9.17) is 0 Å². The average molecular weight is 331 g/mol. The van der Waals surface area contributed by atoms with Crippen LogP contribution in [0.15, 0.2) is 48.8 Å². The van der Waals surface area contributed by atoms with Crippen LogP contribution < -0.4 is 5.32 Å². The molecule has 0 aliphatic heterocycles. The number of rotatable bonds is 3. The molecule has 0 unspecified atom stereocenters. The number of carbonyl (C=O) groups is 1. The molecule has 0 saturated heterocycles. The number of anilines is 1. The Morgan fingerprint density at radius 2 is 2.04 bits per heavy atom. The van der Waals surface area contributed by atoms with Crippen LogP contribution in [0.25, 0.3) is 21.9 Å². The van der Waals surface area contributed by atoms with Gasteiger partial charge < -0.3 is 5.32 Å². The number of pyridine rings is 2. The second-order valence-corrected chi connectivity index (χ2v) is 6.02. The topological polar surface area (TPSA) is 72.7 Å². The number of carbonyl (C=O) groups excluding carboxylic acids is 1. The molecule has 0 radical (unpaired) electrons. The molecule has 6 nitrogen and oxygen atoms in total. The van der Waals surface area contributed by atoms with Gasteiger partial charge in [0, 0.05) is 24.0 Å². The molecule has 124 valence electrons. The van der Waals surface area contributed by atoms with Crippen LogP contribution in [0.5, 0.6) is 0 Å². The van der Waals surface area contributed by atoms with E-state index in [1.54, 1.807) is 17.1 Å². The quantitative estimate of drug-likeness (QED) is 0.626. The highest BCUT2D eigenvalue weighted by atomic mass is 16.1. The predicted octanol–water partition coefficient (Wildman–Crippen LogP) is 3.01. The van der Waals surface area contributed by atoms with Crippen LogP contribution in [-0.4, -0.2) is 25.7 Å². The molecule has 3 aromatic heterocycles. The Balaban J connectivity index is 1.59. The first-order valence-corrected chi connectivity index (χ1v) is 8.03. The van der Waals surface area contributed by atoms with Crippen molar-refractivity contribution in [3.63, 3.8) is 0 Å². The van der Waals surface area contributed by atoms with E-state index in [0.29, 0.717) is 5.69 Å². The fourth-order valence-electron chi connectivity index (χ4n) is 3.06. The Hall–Kier alpha value is -3.28. The molecule has 4 aromatic rings. The van der Waals surface area contributed by atoms with E-state index in [-0.39, 0.29) is 12.3 Å². The second-order valence-electron chi connectivity index (χ2n) is 6.02. The lowest BCUT2D eigenvalue weighted by Gasteiger charge is -2.07. The van der Waals surface area contributed by atoms with Gasteiger partial charge in [-0.05, 0) is 24.6 Å². The van der Waals surface area contributed by atoms with E-state index in [1.165, 1.54) is 0 Å². The molecule has 4 rings (SSSR count). The van der Waals surface area contributed by atoms with E-state index in [9.17, 15) is 4.79 Å². The van der Waals surface area contributed by atoms with Crippen molar-refractivity contribution in [1.29, 1.82) is 0 Å². The molecule has 0 fully saturated rings. The summed E-state index contributed by atoms with van der Waals surface area (Å²) in [5.74, 6) is -0.0964. The van der Waals surface area contributed by atoms with E-state index in [0.717, 1.165) is 33.2 Å². The van der Waals surface area contributed by atoms with Gasteiger partial charge in [-0.15, -0.1) is 0 Å². The van der Waals surface area contributed by atoms with Crippen molar-refractivity contribution in [3.05, 3.63) is 60.0 Å². The number of nitrogens with one attached hydrogen (secondary N) is 1. The van der Waals surface area contributed by atoms with Crippen molar-refractivity contribution in [1.82, 2.24) is 19.7 Å². The maximum Gasteiger partial charge on any atom is 0.228 e. The van der Waals surface area contributed by atoms with E-state index in [2.05, 4.69) is 20.4 Å². The Labute approximate surface area is 144 Å². The standard InChI is InChI=1S/C19H17N5O/c1-12-16-10-15(11-21-19(16)24(2)23-12)22-17(25)9-14-6-3-5-13-7-4-8-20-18(13)14/h3-8,10-11H,9H2,1-2H3,(H,22,25). The number of benzene rings is 1. The van der Waals surface area contributed by atoms with Gasteiger partial charge >= 0.3 is 0 Å². The summed E-state index contributed by atoms with van der Waals surface area (Å²) in [5, 5.41) is 9.23. The smallest absolute Gasteiger partial charge is 0.228 e. The Bertz CT molecular complexity index is 1090. The maximum absolute atomic E-state index is 12.5. The number of hydrogen-bond donors (Lipinski definition) is 1. The zero-order valence-electron chi connectivity index (χ0n) is 14.0. The van der Waals surface area contributed by atoms with E-state index >= 15 is 0 Å². The summed E-state index contributed by atoms with van der Waals surface area (Å²) in [7, 11) is 1.86. The van der Waals surface area contributed by atoms with Gasteiger partial charge in [0.2, 0.25) is 5.91 Å². The van der Waals surface area contributed by atoms with Gasteiger partial charge in [0.15, 0.2) is 5.65 Å². The summed E-state index contributed by atoms with van der Waals surface area (Å²) in [6, 6.07) is 11.7. The van der Waals surface area contributed by atoms with Gasteiger partial charge in [-0.25, -0.2) is 4.98 Å². The summed E-state index contributed by atoms with van der Waals surface area (Å²) in [5.41, 5.74) is 4.12. The van der Waals surface area contributed by atoms with Crippen molar-refractivity contribution in [3.8, 4) is 0 Å². The summed E-state index contributed by atoms with van der Waals surface area (Å²) >= 11 is 0. The predicted molar refractivity (Wildman–Crippen MR) is 97.3 cm³/mol. The molecule has 6 heteroatoms. The number of hydrogen-bond acceptors (Lipinski definition) is 4. The normalized spacial score (nSPS) is 11.1. The van der Waals surface area contributed by atoms with E-state index < -0.39 is 0 Å². The molecule has 0 bridgehead atoms. The van der Waals surface area contributed by atoms with Gasteiger partial charge in [0.1, 0.15) is 0 Å². The van der Waals surface area contributed by atoms with Crippen molar-refractivity contribution < 1.29 is 4.79 Å². The van der Waals surface area contributed by atoms with Crippen molar-refractivity contribution in [2.24, 2.45) is 7.05 Å². The van der Waals surface area contributed by atoms with Crippen LogP contribution in [0.3, 0.4) is 0 Å². The fourth-order valence-corrected chi connectivity index (χ4v) is 3.06. The number of fused-ring (bicyclic) bond motifs is 2.